The SMILES string of the molecule is C[C@@H](CNC(=O)C1=NO[C@@]2(CCN(c3ccccn3)C2)C1)c1ccccc1. The number of nitrogens with zero attached hydrogens (tertiary/aromatic N) is 3. The molecule has 0 saturated carbocycles. The molecule has 2 aliphatic heterocycles. The van der Waals surface area contributed by atoms with Crippen molar-refractivity contribution in [1.82, 2.24) is 10.3 Å². The summed E-state index contributed by atoms with van der Waals surface area (Å²) in [4.78, 5) is 24.8. The number of nitrogens with one attached hydrogen (secondary N) is 1. The molecule has 0 bridgehead atoms. The van der Waals surface area contributed by atoms with Gasteiger partial charge in [-0.05, 0) is 23.6 Å². The number of amides is 1. The van der Waals surface area contributed by atoms with Crippen LogP contribution in [0.1, 0.15) is 31.2 Å². The fourth-order valence-corrected chi connectivity index (χ4v) is 3.69. The van der Waals surface area contributed by atoms with Gasteiger partial charge in [0.2, 0.25) is 0 Å². The third kappa shape index (κ3) is 3.79. The first-order chi connectivity index (χ1) is 13.2. The van der Waals surface area contributed by atoms with E-state index in [4.69, 9.17) is 4.84 Å². The third-order valence-corrected chi connectivity index (χ3v) is 5.33. The zero-order valence-electron chi connectivity index (χ0n) is 15.5. The van der Waals surface area contributed by atoms with Crippen molar-refractivity contribution in [1.29, 1.82) is 0 Å². The van der Waals surface area contributed by atoms with Gasteiger partial charge < -0.3 is 15.1 Å². The molecule has 0 aliphatic carbocycles. The topological polar surface area (TPSA) is 66.8 Å². The lowest BCUT2D eigenvalue weighted by Crippen LogP contribution is -2.38. The average molecular weight is 364 g/mol. The first kappa shape index (κ1) is 17.5. The number of benzene rings is 1. The van der Waals surface area contributed by atoms with E-state index in [2.05, 4.69) is 39.4 Å². The average Bonchev–Trinajstić information content (AvgIpc) is 3.34. The van der Waals surface area contributed by atoms with Crippen molar-refractivity contribution < 1.29 is 9.63 Å². The number of pyridine rings is 1. The van der Waals surface area contributed by atoms with Crippen LogP contribution >= 0.6 is 0 Å². The molecule has 1 N–H and O–H groups in total. The van der Waals surface area contributed by atoms with Crippen LogP contribution in [-0.2, 0) is 9.63 Å². The molecule has 1 amide bonds. The Hall–Kier alpha value is -2.89. The molecule has 140 valence electrons. The molecule has 2 aromatic rings. The molecule has 1 spiro atoms. The van der Waals surface area contributed by atoms with Crippen LogP contribution in [0.5, 0.6) is 0 Å². The van der Waals surface area contributed by atoms with Gasteiger partial charge in [-0.1, -0.05) is 48.5 Å². The van der Waals surface area contributed by atoms with Gasteiger partial charge >= 0.3 is 0 Å². The summed E-state index contributed by atoms with van der Waals surface area (Å²) in [5.41, 5.74) is 1.29. The minimum absolute atomic E-state index is 0.133. The molecule has 1 aromatic carbocycles. The number of carbonyl (C=O) groups is 1. The lowest BCUT2D eigenvalue weighted by molar-refractivity contribution is -0.115. The minimum atomic E-state index is -0.407. The van der Waals surface area contributed by atoms with Gasteiger partial charge in [-0.2, -0.15) is 0 Å². The Morgan fingerprint density at radius 1 is 1.26 bits per heavy atom. The van der Waals surface area contributed by atoms with E-state index in [0.29, 0.717) is 25.2 Å². The second-order valence-corrected chi connectivity index (χ2v) is 7.37. The van der Waals surface area contributed by atoms with Gasteiger partial charge in [0.25, 0.3) is 5.91 Å². The van der Waals surface area contributed by atoms with E-state index in [1.165, 1.54) is 5.56 Å². The van der Waals surface area contributed by atoms with E-state index in [1.807, 2.05) is 36.4 Å². The van der Waals surface area contributed by atoms with Crippen LogP contribution in [0.2, 0.25) is 0 Å². The zero-order valence-corrected chi connectivity index (χ0v) is 15.5. The third-order valence-electron chi connectivity index (χ3n) is 5.33. The van der Waals surface area contributed by atoms with E-state index in [-0.39, 0.29) is 11.8 Å². The fraction of sp³-hybridized carbons (Fsp3) is 0.381. The van der Waals surface area contributed by atoms with Gasteiger partial charge in [0, 0.05) is 32.1 Å². The molecule has 0 unspecified atom stereocenters. The van der Waals surface area contributed by atoms with E-state index in [0.717, 1.165) is 18.8 Å². The maximum atomic E-state index is 12.5. The summed E-state index contributed by atoms with van der Waals surface area (Å²) < 4.78 is 0. The predicted octanol–water partition coefficient (Wildman–Crippen LogP) is 2.73. The molecule has 2 aliphatic rings. The Morgan fingerprint density at radius 3 is 2.85 bits per heavy atom. The van der Waals surface area contributed by atoms with Crippen LogP contribution < -0.4 is 10.2 Å². The number of aromatic nitrogens is 1. The van der Waals surface area contributed by atoms with Crippen LogP contribution in [-0.4, -0.2) is 41.8 Å². The first-order valence-electron chi connectivity index (χ1n) is 9.39. The molecule has 1 fully saturated rings. The minimum Gasteiger partial charge on any atom is -0.386 e. The highest BCUT2D eigenvalue weighted by Gasteiger charge is 2.47. The Kier molecular flexibility index (Phi) is 4.79. The summed E-state index contributed by atoms with van der Waals surface area (Å²) in [6, 6.07) is 16.1. The van der Waals surface area contributed by atoms with Crippen molar-refractivity contribution in [3.05, 3.63) is 60.3 Å². The normalized spacial score (nSPS) is 22.4. The van der Waals surface area contributed by atoms with Crippen LogP contribution in [0.4, 0.5) is 5.82 Å². The largest absolute Gasteiger partial charge is 0.386 e. The number of oxime groups is 1. The quantitative estimate of drug-likeness (QED) is 0.886. The van der Waals surface area contributed by atoms with Gasteiger partial charge in [0.1, 0.15) is 11.5 Å². The second kappa shape index (κ2) is 7.39. The van der Waals surface area contributed by atoms with Crippen LogP contribution in [0, 0.1) is 0 Å². The molecule has 3 heterocycles. The molecule has 1 saturated heterocycles. The standard InChI is InChI=1S/C21H24N4O2/c1-16(17-7-3-2-4-8-17)14-23-20(26)18-13-21(27-24-18)10-12-25(15-21)19-9-5-6-11-22-19/h2-9,11,16H,10,12-15H2,1H3,(H,23,26)/t16-,21-/m0/s1. The zero-order chi connectivity index (χ0) is 18.7. The highest BCUT2D eigenvalue weighted by atomic mass is 16.7. The molecule has 6 heteroatoms. The molecular weight excluding hydrogens is 340 g/mol. The van der Waals surface area contributed by atoms with Crippen molar-refractivity contribution in [2.75, 3.05) is 24.5 Å². The fourth-order valence-electron chi connectivity index (χ4n) is 3.69. The van der Waals surface area contributed by atoms with Crippen molar-refractivity contribution >= 4 is 17.4 Å². The first-order valence-corrected chi connectivity index (χ1v) is 9.39. The molecular formula is C21H24N4O2. The van der Waals surface area contributed by atoms with Crippen LogP contribution in [0.15, 0.2) is 59.9 Å². The van der Waals surface area contributed by atoms with E-state index >= 15 is 0 Å². The summed E-state index contributed by atoms with van der Waals surface area (Å²) in [6.45, 7) is 4.23. The highest BCUT2D eigenvalue weighted by molar-refractivity contribution is 6.39. The van der Waals surface area contributed by atoms with Crippen LogP contribution in [0.3, 0.4) is 0 Å². The van der Waals surface area contributed by atoms with E-state index < -0.39 is 5.60 Å². The molecule has 1 aromatic heterocycles. The van der Waals surface area contributed by atoms with Gasteiger partial charge in [0.15, 0.2) is 5.60 Å². The number of anilines is 1. The smallest absolute Gasteiger partial charge is 0.269 e. The number of hydrogen-bond acceptors (Lipinski definition) is 5. The van der Waals surface area contributed by atoms with Crippen molar-refractivity contribution in [3.63, 3.8) is 0 Å². The monoisotopic (exact) mass is 364 g/mol. The van der Waals surface area contributed by atoms with Gasteiger partial charge in [0.05, 0.1) is 6.54 Å². The number of hydrogen-bond donors (Lipinski definition) is 1. The molecule has 6 nitrogen and oxygen atoms in total. The number of carbonyl (C=O) groups excluding carboxylic acids is 1. The summed E-state index contributed by atoms with van der Waals surface area (Å²) in [6.07, 6.45) is 3.17. The molecule has 4 rings (SSSR count). The Bertz CT molecular complexity index is 825. The summed E-state index contributed by atoms with van der Waals surface area (Å²) in [5.74, 6) is 1.05. The molecule has 0 radical (unpaired) electrons. The molecule has 2 atom stereocenters. The highest BCUT2D eigenvalue weighted by Crippen LogP contribution is 2.35. The lowest BCUT2D eigenvalue weighted by Gasteiger charge is -2.22. The van der Waals surface area contributed by atoms with E-state index in [9.17, 15) is 4.79 Å². The van der Waals surface area contributed by atoms with Gasteiger partial charge in [-0.25, -0.2) is 4.98 Å². The summed E-state index contributed by atoms with van der Waals surface area (Å²) in [5, 5.41) is 7.10. The van der Waals surface area contributed by atoms with Crippen molar-refractivity contribution in [2.24, 2.45) is 5.16 Å². The second-order valence-electron chi connectivity index (χ2n) is 7.37. The summed E-state index contributed by atoms with van der Waals surface area (Å²) in [7, 11) is 0. The molecule has 27 heavy (non-hydrogen) atoms. The van der Waals surface area contributed by atoms with Gasteiger partial charge in [-0.3, -0.25) is 4.79 Å². The van der Waals surface area contributed by atoms with Crippen LogP contribution in [0.25, 0.3) is 0 Å². The van der Waals surface area contributed by atoms with E-state index in [1.54, 1.807) is 6.20 Å². The Balaban J connectivity index is 1.31. The Labute approximate surface area is 159 Å². The number of rotatable bonds is 5. The summed E-state index contributed by atoms with van der Waals surface area (Å²) >= 11 is 0. The Morgan fingerprint density at radius 2 is 2.07 bits per heavy atom. The van der Waals surface area contributed by atoms with Crippen molar-refractivity contribution in [3.8, 4) is 0 Å². The van der Waals surface area contributed by atoms with Crippen molar-refractivity contribution in [2.45, 2.75) is 31.3 Å². The maximum Gasteiger partial charge on any atom is 0.269 e. The van der Waals surface area contributed by atoms with Gasteiger partial charge in [-0.15, -0.1) is 0 Å². The maximum absolute atomic E-state index is 12.5. The lowest BCUT2D eigenvalue weighted by atomic mass is 9.96. The predicted molar refractivity (Wildman–Crippen MR) is 105 cm³/mol.